The maximum atomic E-state index is 13.7. The van der Waals surface area contributed by atoms with Crippen molar-refractivity contribution in [1.29, 1.82) is 0 Å². The number of hydrogen-bond acceptors (Lipinski definition) is 4. The van der Waals surface area contributed by atoms with Gasteiger partial charge in [0.2, 0.25) is 5.91 Å². The highest BCUT2D eigenvalue weighted by atomic mass is 19.1. The summed E-state index contributed by atoms with van der Waals surface area (Å²) in [5.74, 6) is -1.99. The normalized spacial score (nSPS) is 22.4. The molecule has 1 aromatic heterocycles. The lowest BCUT2D eigenvalue weighted by molar-refractivity contribution is -0.126. The number of aryl methyl sites for hydroxylation is 1. The van der Waals surface area contributed by atoms with E-state index in [-0.39, 0.29) is 5.91 Å². The van der Waals surface area contributed by atoms with Crippen molar-refractivity contribution >= 4 is 34.1 Å². The number of H-pyrrole nitrogens is 1. The second-order valence-electron chi connectivity index (χ2n) is 8.36. The van der Waals surface area contributed by atoms with Gasteiger partial charge in [-0.25, -0.2) is 14.4 Å². The van der Waals surface area contributed by atoms with Crippen LogP contribution in [0.2, 0.25) is 0 Å². The van der Waals surface area contributed by atoms with E-state index in [0.29, 0.717) is 5.69 Å². The van der Waals surface area contributed by atoms with Gasteiger partial charge in [0.25, 0.3) is 5.91 Å². The number of benzene rings is 3. The Morgan fingerprint density at radius 1 is 0.848 bits per heavy atom. The molecule has 2 aliphatic heterocycles. The number of rotatable bonds is 3. The number of halogens is 1. The first-order chi connectivity index (χ1) is 16.0. The van der Waals surface area contributed by atoms with Crippen LogP contribution < -0.4 is 9.96 Å². The summed E-state index contributed by atoms with van der Waals surface area (Å²) in [4.78, 5) is 37.8. The van der Waals surface area contributed by atoms with E-state index in [1.165, 1.54) is 24.3 Å². The van der Waals surface area contributed by atoms with Gasteiger partial charge < -0.3 is 4.98 Å². The Morgan fingerprint density at radius 3 is 2.30 bits per heavy atom. The summed E-state index contributed by atoms with van der Waals surface area (Å²) in [6.07, 6.45) is -0.971. The van der Waals surface area contributed by atoms with Crippen molar-refractivity contribution in [2.75, 3.05) is 9.96 Å². The molecule has 33 heavy (non-hydrogen) atoms. The minimum Gasteiger partial charge on any atom is -0.358 e. The van der Waals surface area contributed by atoms with Gasteiger partial charge >= 0.3 is 0 Å². The number of imide groups is 1. The van der Waals surface area contributed by atoms with Gasteiger partial charge in [0.15, 0.2) is 6.10 Å². The molecule has 4 aromatic rings. The largest absolute Gasteiger partial charge is 0.358 e. The molecule has 0 aliphatic carbocycles. The molecule has 2 amide bonds. The predicted molar refractivity (Wildman–Crippen MR) is 122 cm³/mol. The Kier molecular flexibility index (Phi) is 4.35. The first-order valence-corrected chi connectivity index (χ1v) is 10.8. The Labute approximate surface area is 189 Å². The van der Waals surface area contributed by atoms with E-state index in [1.807, 2.05) is 61.5 Å². The summed E-state index contributed by atoms with van der Waals surface area (Å²) in [6.45, 7) is 1.96. The lowest BCUT2D eigenvalue weighted by Crippen LogP contribution is -2.37. The lowest BCUT2D eigenvalue weighted by atomic mass is 9.89. The zero-order valence-electron chi connectivity index (χ0n) is 17.7. The van der Waals surface area contributed by atoms with Crippen LogP contribution in [0.4, 0.5) is 15.8 Å². The van der Waals surface area contributed by atoms with Crippen LogP contribution in [0.15, 0.2) is 78.9 Å². The number of carbonyl (C=O) groups excluding carboxylic acids is 2. The summed E-state index contributed by atoms with van der Waals surface area (Å²) in [5.41, 5.74) is 3.88. The van der Waals surface area contributed by atoms with Gasteiger partial charge in [-0.05, 0) is 49.4 Å². The molecule has 7 heteroatoms. The molecule has 3 atom stereocenters. The monoisotopic (exact) mass is 441 g/mol. The first-order valence-electron chi connectivity index (χ1n) is 10.8. The molecule has 6 rings (SSSR count). The molecule has 3 heterocycles. The number of amides is 2. The number of aromatic nitrogens is 1. The van der Waals surface area contributed by atoms with Crippen LogP contribution in [0.1, 0.15) is 17.3 Å². The third-order valence-electron chi connectivity index (χ3n) is 6.45. The molecule has 2 saturated heterocycles. The summed E-state index contributed by atoms with van der Waals surface area (Å²) in [5, 5.41) is 2.67. The summed E-state index contributed by atoms with van der Waals surface area (Å²) >= 11 is 0. The standard InChI is InChI=1S/C26H20FN3O3/c1-15-21(19-9-5-6-10-20(19)28-15)23-22-24(33-30(23)18-7-3-2-4-8-18)26(32)29(25(22)31)17-13-11-16(27)12-14-17/h2-14,22-24,28H,1H3/t22-,23-,24+/m0/s1. The number of aromatic amines is 1. The predicted octanol–water partition coefficient (Wildman–Crippen LogP) is 4.67. The zero-order valence-corrected chi connectivity index (χ0v) is 17.7. The van der Waals surface area contributed by atoms with Gasteiger partial charge in [-0.3, -0.25) is 14.4 Å². The molecule has 0 radical (unpaired) electrons. The number of fused-ring (bicyclic) bond motifs is 2. The van der Waals surface area contributed by atoms with Crippen LogP contribution in [0, 0.1) is 18.7 Å². The molecular formula is C26H20FN3O3. The van der Waals surface area contributed by atoms with Gasteiger partial charge in [-0.15, -0.1) is 0 Å². The summed E-state index contributed by atoms with van der Waals surface area (Å²) < 4.78 is 13.5. The maximum Gasteiger partial charge on any atom is 0.266 e. The average Bonchev–Trinajstić information content (AvgIpc) is 3.44. The Morgan fingerprint density at radius 2 is 1.55 bits per heavy atom. The van der Waals surface area contributed by atoms with E-state index < -0.39 is 29.8 Å². The Hall–Kier alpha value is -3.97. The third-order valence-corrected chi connectivity index (χ3v) is 6.45. The lowest BCUT2D eigenvalue weighted by Gasteiger charge is -2.29. The molecule has 2 fully saturated rings. The molecule has 6 nitrogen and oxygen atoms in total. The fourth-order valence-corrected chi connectivity index (χ4v) is 5.03. The van der Waals surface area contributed by atoms with Crippen molar-refractivity contribution in [2.45, 2.75) is 19.1 Å². The summed E-state index contributed by atoms with van der Waals surface area (Å²) in [6, 6.07) is 22.2. The molecule has 0 saturated carbocycles. The number of hydroxylamine groups is 1. The second kappa shape index (κ2) is 7.28. The SMILES string of the molecule is Cc1[nH]c2ccccc2c1[C@H]1[C@@H]2C(=O)N(c3ccc(F)cc3)C(=O)[C@@H]2ON1c1ccccc1. The van der Waals surface area contributed by atoms with Crippen LogP contribution >= 0.6 is 0 Å². The fourth-order valence-electron chi connectivity index (χ4n) is 5.03. The van der Waals surface area contributed by atoms with Gasteiger partial charge in [0.05, 0.1) is 17.4 Å². The molecule has 1 N–H and O–H groups in total. The van der Waals surface area contributed by atoms with E-state index >= 15 is 0 Å². The van der Waals surface area contributed by atoms with Gasteiger partial charge in [0.1, 0.15) is 11.7 Å². The number of para-hydroxylation sites is 2. The molecule has 0 unspecified atom stereocenters. The minimum absolute atomic E-state index is 0.338. The van der Waals surface area contributed by atoms with E-state index in [0.717, 1.165) is 32.7 Å². The van der Waals surface area contributed by atoms with E-state index in [1.54, 1.807) is 5.06 Å². The number of nitrogens with one attached hydrogen (secondary N) is 1. The first kappa shape index (κ1) is 19.7. The highest BCUT2D eigenvalue weighted by Gasteiger charge is 2.60. The number of carbonyl (C=O) groups is 2. The molecule has 0 spiro atoms. The quantitative estimate of drug-likeness (QED) is 0.470. The maximum absolute atomic E-state index is 13.7. The van der Waals surface area contributed by atoms with Gasteiger partial charge in [-0.2, -0.15) is 0 Å². The number of anilines is 2. The van der Waals surface area contributed by atoms with Crippen LogP contribution in [0.25, 0.3) is 10.9 Å². The fraction of sp³-hybridized carbons (Fsp3) is 0.154. The van der Waals surface area contributed by atoms with Crippen LogP contribution in [0.3, 0.4) is 0 Å². The van der Waals surface area contributed by atoms with Crippen LogP contribution in [-0.4, -0.2) is 22.9 Å². The third kappa shape index (κ3) is 2.89. The highest BCUT2D eigenvalue weighted by molar-refractivity contribution is 6.24. The van der Waals surface area contributed by atoms with Gasteiger partial charge in [-0.1, -0.05) is 36.4 Å². The van der Waals surface area contributed by atoms with E-state index in [2.05, 4.69) is 4.98 Å². The van der Waals surface area contributed by atoms with Crippen molar-refractivity contribution in [1.82, 2.24) is 4.98 Å². The van der Waals surface area contributed by atoms with E-state index in [4.69, 9.17) is 4.84 Å². The topological polar surface area (TPSA) is 65.6 Å². The van der Waals surface area contributed by atoms with E-state index in [9.17, 15) is 14.0 Å². The smallest absolute Gasteiger partial charge is 0.266 e. The Bertz CT molecular complexity index is 1380. The van der Waals surface area contributed by atoms with Crippen molar-refractivity contribution in [3.8, 4) is 0 Å². The van der Waals surface area contributed by atoms with Crippen molar-refractivity contribution < 1.29 is 18.8 Å². The highest BCUT2D eigenvalue weighted by Crippen LogP contribution is 2.49. The molecule has 3 aromatic carbocycles. The minimum atomic E-state index is -0.971. The number of hydrogen-bond donors (Lipinski definition) is 1. The van der Waals surface area contributed by atoms with Crippen molar-refractivity contribution in [3.05, 3.63) is 95.9 Å². The number of nitrogens with zero attached hydrogens (tertiary/aromatic N) is 2. The second-order valence-corrected chi connectivity index (χ2v) is 8.36. The molecule has 2 aliphatic rings. The van der Waals surface area contributed by atoms with Crippen LogP contribution in [-0.2, 0) is 14.4 Å². The molecule has 0 bridgehead atoms. The molecule has 164 valence electrons. The zero-order chi connectivity index (χ0) is 22.7. The average molecular weight is 441 g/mol. The van der Waals surface area contributed by atoms with Crippen molar-refractivity contribution in [3.63, 3.8) is 0 Å². The Balaban J connectivity index is 1.51. The molecular weight excluding hydrogens is 421 g/mol. The van der Waals surface area contributed by atoms with Gasteiger partial charge in [0, 0.05) is 22.2 Å². The summed E-state index contributed by atoms with van der Waals surface area (Å²) in [7, 11) is 0. The van der Waals surface area contributed by atoms with Crippen LogP contribution in [0.5, 0.6) is 0 Å². The van der Waals surface area contributed by atoms with Crippen molar-refractivity contribution in [2.24, 2.45) is 5.92 Å².